The number of phenols is 1. The van der Waals surface area contributed by atoms with Crippen LogP contribution < -0.4 is 21.9 Å². The maximum absolute atomic E-state index is 12.3. The van der Waals surface area contributed by atoms with E-state index in [9.17, 15) is 9.90 Å². The molecule has 2 aromatic rings. The second-order valence-corrected chi connectivity index (χ2v) is 6.61. The van der Waals surface area contributed by atoms with E-state index in [0.29, 0.717) is 22.8 Å². The van der Waals surface area contributed by atoms with Crippen LogP contribution >= 0.6 is 11.6 Å². The molecule has 1 aliphatic rings. The molecule has 106 valence electrons. The lowest BCUT2D eigenvalue weighted by molar-refractivity contribution is 0.0991. The van der Waals surface area contributed by atoms with E-state index in [-0.39, 0.29) is 11.7 Å². The Labute approximate surface area is 138 Å². The smallest absolute Gasteiger partial charge is 0.164 e. The molecule has 0 radical (unpaired) electrons. The first-order valence-electron chi connectivity index (χ1n) is 7.44. The van der Waals surface area contributed by atoms with Crippen molar-refractivity contribution in [2.45, 2.75) is 12.3 Å². The van der Waals surface area contributed by atoms with Gasteiger partial charge in [0.1, 0.15) is 37.1 Å². The fourth-order valence-electron chi connectivity index (χ4n) is 3.61. The highest BCUT2D eigenvalue weighted by molar-refractivity contribution is 6.60. The minimum atomic E-state index is 0.00460. The minimum absolute atomic E-state index is 0.00460. The zero-order chi connectivity index (χ0) is 16.2. The van der Waals surface area contributed by atoms with Crippen LogP contribution in [-0.2, 0) is 0 Å². The largest absolute Gasteiger partial charge is 0.509 e. The van der Waals surface area contributed by atoms with E-state index < -0.39 is 0 Å². The van der Waals surface area contributed by atoms with E-state index in [0.717, 1.165) is 33.0 Å². The van der Waals surface area contributed by atoms with Gasteiger partial charge in [-0.3, -0.25) is 4.79 Å². The molecule has 0 heterocycles. The fourth-order valence-corrected chi connectivity index (χ4v) is 3.78. The van der Waals surface area contributed by atoms with Crippen molar-refractivity contribution in [2.24, 2.45) is 0 Å². The van der Waals surface area contributed by atoms with Crippen molar-refractivity contribution < 1.29 is 9.90 Å². The number of ketones is 1. The Balaban J connectivity index is 2.26. The summed E-state index contributed by atoms with van der Waals surface area (Å²) in [5.41, 5.74) is 6.86. The van der Waals surface area contributed by atoms with Crippen LogP contribution in [0.15, 0.2) is 18.2 Å². The van der Waals surface area contributed by atoms with Crippen LogP contribution in [0.3, 0.4) is 0 Å². The Kier molecular flexibility index (Phi) is 3.68. The van der Waals surface area contributed by atoms with Crippen molar-refractivity contribution in [3.63, 3.8) is 0 Å². The molecule has 3 rings (SSSR count). The summed E-state index contributed by atoms with van der Waals surface area (Å²) in [7, 11) is 7.96. The highest BCUT2D eigenvalue weighted by Crippen LogP contribution is 2.38. The van der Waals surface area contributed by atoms with Gasteiger partial charge in [-0.2, -0.15) is 0 Å². The fraction of sp³-hybridized carbons (Fsp3) is 0.133. The maximum atomic E-state index is 12.3. The SMILES string of the molecule is Bc1c(B)c(O)c(B)c(C2CC(=O)c3cc(Cl)ccc32)c1B. The second kappa shape index (κ2) is 5.27. The van der Waals surface area contributed by atoms with Gasteiger partial charge >= 0.3 is 0 Å². The molecular weight excluding hydrogens is 291 g/mol. The van der Waals surface area contributed by atoms with Gasteiger partial charge < -0.3 is 5.11 Å². The van der Waals surface area contributed by atoms with Crippen LogP contribution in [0.1, 0.15) is 33.8 Å². The van der Waals surface area contributed by atoms with E-state index in [1.54, 1.807) is 6.07 Å². The molecular formula is C15H15B4ClO2. The number of halogens is 1. The van der Waals surface area contributed by atoms with Gasteiger partial charge in [-0.05, 0) is 28.7 Å². The molecule has 1 atom stereocenters. The minimum Gasteiger partial charge on any atom is -0.509 e. The second-order valence-electron chi connectivity index (χ2n) is 6.17. The van der Waals surface area contributed by atoms with Gasteiger partial charge in [-0.25, -0.2) is 0 Å². The van der Waals surface area contributed by atoms with Gasteiger partial charge in [-0.1, -0.05) is 34.1 Å². The zero-order valence-corrected chi connectivity index (χ0v) is 14.0. The van der Waals surface area contributed by atoms with Crippen molar-refractivity contribution in [2.75, 3.05) is 0 Å². The number of fused-ring (bicyclic) bond motifs is 1. The topological polar surface area (TPSA) is 37.3 Å². The molecule has 0 saturated heterocycles. The molecule has 0 aromatic heterocycles. The third kappa shape index (κ3) is 2.13. The Bertz CT molecular complexity index is 791. The summed E-state index contributed by atoms with van der Waals surface area (Å²) in [6, 6.07) is 5.53. The van der Waals surface area contributed by atoms with E-state index in [1.807, 2.05) is 35.7 Å². The average molecular weight is 306 g/mol. The number of aromatic hydroxyl groups is 1. The molecule has 0 aliphatic heterocycles. The van der Waals surface area contributed by atoms with Crippen molar-refractivity contribution in [3.8, 4) is 5.75 Å². The van der Waals surface area contributed by atoms with Crippen LogP contribution in [0.25, 0.3) is 0 Å². The first kappa shape index (κ1) is 15.4. The first-order valence-corrected chi connectivity index (χ1v) is 7.82. The molecule has 22 heavy (non-hydrogen) atoms. The Morgan fingerprint density at radius 2 is 1.73 bits per heavy atom. The van der Waals surface area contributed by atoms with Crippen molar-refractivity contribution in [1.82, 2.24) is 0 Å². The Morgan fingerprint density at radius 1 is 1.05 bits per heavy atom. The van der Waals surface area contributed by atoms with Crippen LogP contribution in [0.2, 0.25) is 5.02 Å². The number of carbonyl (C=O) groups is 1. The van der Waals surface area contributed by atoms with Crippen LogP contribution in [0.5, 0.6) is 5.75 Å². The lowest BCUT2D eigenvalue weighted by Crippen LogP contribution is -2.46. The lowest BCUT2D eigenvalue weighted by Gasteiger charge is -2.23. The van der Waals surface area contributed by atoms with Crippen molar-refractivity contribution >= 4 is 70.6 Å². The van der Waals surface area contributed by atoms with E-state index in [1.165, 1.54) is 0 Å². The molecule has 0 saturated carbocycles. The van der Waals surface area contributed by atoms with Crippen LogP contribution in [0.4, 0.5) is 0 Å². The standard InChI is InChI=1S/C15H15B4ClO2/c16-11-10(12(17)15(22)14(19)13(11)18)8-4-9(21)7-3-5(20)1-2-6(7)8/h1-3,8,22H,4,16-19H2. The average Bonchev–Trinajstić information content (AvgIpc) is 2.80. The molecule has 1 aliphatic carbocycles. The summed E-state index contributed by atoms with van der Waals surface area (Å²) < 4.78 is 0. The number of benzene rings is 2. The van der Waals surface area contributed by atoms with Crippen LogP contribution in [-0.4, -0.2) is 42.3 Å². The molecule has 2 nitrogen and oxygen atoms in total. The van der Waals surface area contributed by atoms with Gasteiger partial charge in [0, 0.05) is 22.9 Å². The van der Waals surface area contributed by atoms with E-state index >= 15 is 0 Å². The lowest BCUT2D eigenvalue weighted by atomic mass is 9.63. The highest BCUT2D eigenvalue weighted by Gasteiger charge is 2.33. The Morgan fingerprint density at radius 3 is 2.41 bits per heavy atom. The van der Waals surface area contributed by atoms with Gasteiger partial charge in [0.25, 0.3) is 0 Å². The van der Waals surface area contributed by atoms with Gasteiger partial charge in [0.05, 0.1) is 0 Å². The molecule has 7 heteroatoms. The summed E-state index contributed by atoms with van der Waals surface area (Å²) >= 11 is 6.02. The monoisotopic (exact) mass is 306 g/mol. The first-order chi connectivity index (χ1) is 10.3. The van der Waals surface area contributed by atoms with Crippen molar-refractivity contribution in [1.29, 1.82) is 0 Å². The molecule has 0 fully saturated rings. The summed E-state index contributed by atoms with van der Waals surface area (Å²) in [5, 5.41) is 11.0. The number of hydrogen-bond acceptors (Lipinski definition) is 2. The predicted molar refractivity (Wildman–Crippen MR) is 103 cm³/mol. The summed E-state index contributed by atoms with van der Waals surface area (Å²) in [4.78, 5) is 12.3. The van der Waals surface area contributed by atoms with Crippen LogP contribution in [0, 0.1) is 0 Å². The van der Waals surface area contributed by atoms with Crippen molar-refractivity contribution in [3.05, 3.63) is 39.9 Å². The molecule has 1 unspecified atom stereocenters. The number of rotatable bonds is 1. The molecule has 0 bridgehead atoms. The zero-order valence-electron chi connectivity index (χ0n) is 13.2. The third-order valence-corrected chi connectivity index (χ3v) is 5.31. The third-order valence-electron chi connectivity index (χ3n) is 5.07. The van der Waals surface area contributed by atoms with Gasteiger partial charge in [0.2, 0.25) is 0 Å². The highest BCUT2D eigenvalue weighted by atomic mass is 35.5. The number of Topliss-reactive ketones (excluding diaryl/α,β-unsaturated/α-hetero) is 1. The predicted octanol–water partition coefficient (Wildman–Crippen LogP) is -3.20. The normalized spacial score (nSPS) is 16.8. The summed E-state index contributed by atoms with van der Waals surface area (Å²) in [5.74, 6) is 0.469. The van der Waals surface area contributed by atoms with E-state index in [4.69, 9.17) is 11.6 Å². The molecule has 2 aromatic carbocycles. The molecule has 0 amide bonds. The van der Waals surface area contributed by atoms with E-state index in [2.05, 4.69) is 7.85 Å². The summed E-state index contributed by atoms with van der Waals surface area (Å²) in [6.07, 6.45) is 0.444. The molecule has 1 N–H and O–H groups in total. The summed E-state index contributed by atoms with van der Waals surface area (Å²) in [6.45, 7) is 0. The maximum Gasteiger partial charge on any atom is 0.164 e. The van der Waals surface area contributed by atoms with Gasteiger partial charge in [-0.15, -0.1) is 0 Å². The number of hydrogen-bond donors (Lipinski definition) is 1. The molecule has 0 spiro atoms. The van der Waals surface area contributed by atoms with Gasteiger partial charge in [0.15, 0.2) is 5.78 Å². The number of carbonyl (C=O) groups excluding carboxylic acids is 1. The number of phenolic OH excluding ortho intramolecular Hbond substituents is 1. The Hall–Kier alpha value is -1.54. The quantitative estimate of drug-likeness (QED) is 0.564.